The molecule has 2 N–H and O–H groups in total. The first-order valence-electron chi connectivity index (χ1n) is 8.17. The summed E-state index contributed by atoms with van der Waals surface area (Å²) in [6.45, 7) is 7.14. The van der Waals surface area contributed by atoms with E-state index in [0.717, 1.165) is 33.9 Å². The van der Waals surface area contributed by atoms with Gasteiger partial charge in [-0.3, -0.25) is 0 Å². The zero-order valence-electron chi connectivity index (χ0n) is 14.2. The zero-order valence-corrected chi connectivity index (χ0v) is 14.2. The van der Waals surface area contributed by atoms with Gasteiger partial charge in [-0.1, -0.05) is 12.1 Å². The van der Waals surface area contributed by atoms with Crippen molar-refractivity contribution in [2.75, 3.05) is 13.3 Å². The molecule has 124 valence electrons. The Bertz CT molecular complexity index is 930. The van der Waals surface area contributed by atoms with Crippen LogP contribution in [0.4, 0.5) is 0 Å². The third-order valence-electron chi connectivity index (χ3n) is 4.73. The van der Waals surface area contributed by atoms with Crippen LogP contribution in [-0.2, 0) is 0 Å². The summed E-state index contributed by atoms with van der Waals surface area (Å²) in [6.07, 6.45) is 0. The fourth-order valence-corrected chi connectivity index (χ4v) is 3.12. The summed E-state index contributed by atoms with van der Waals surface area (Å²) < 4.78 is 13.2. The minimum absolute atomic E-state index is 0.131. The summed E-state index contributed by atoms with van der Waals surface area (Å²) in [5.41, 5.74) is 11.5. The van der Waals surface area contributed by atoms with Gasteiger partial charge in [0.15, 0.2) is 11.5 Å². The van der Waals surface area contributed by atoms with E-state index in [2.05, 4.69) is 43.5 Å². The van der Waals surface area contributed by atoms with Gasteiger partial charge in [-0.05, 0) is 38.0 Å². The van der Waals surface area contributed by atoms with Gasteiger partial charge >= 0.3 is 0 Å². The maximum absolute atomic E-state index is 5.96. The third kappa shape index (κ3) is 2.24. The first-order valence-corrected chi connectivity index (χ1v) is 8.17. The van der Waals surface area contributed by atoms with Gasteiger partial charge in [0.25, 0.3) is 0 Å². The van der Waals surface area contributed by atoms with E-state index in [-0.39, 0.29) is 12.8 Å². The average molecular weight is 323 g/mol. The molecule has 0 spiro atoms. The van der Waals surface area contributed by atoms with Crippen molar-refractivity contribution in [2.24, 2.45) is 5.73 Å². The van der Waals surface area contributed by atoms with E-state index in [4.69, 9.17) is 20.2 Å². The molecule has 1 atom stereocenters. The predicted octanol–water partition coefficient (Wildman–Crippen LogP) is 3.57. The highest BCUT2D eigenvalue weighted by molar-refractivity contribution is 5.84. The smallest absolute Gasteiger partial charge is 0.231 e. The maximum Gasteiger partial charge on any atom is 0.231 e. The van der Waals surface area contributed by atoms with Crippen molar-refractivity contribution in [1.29, 1.82) is 0 Å². The molecule has 24 heavy (non-hydrogen) atoms. The highest BCUT2D eigenvalue weighted by Crippen LogP contribution is 2.38. The Morgan fingerprint density at radius 1 is 1.12 bits per heavy atom. The molecule has 1 aliphatic heterocycles. The van der Waals surface area contributed by atoms with Gasteiger partial charge in [0.1, 0.15) is 5.82 Å². The van der Waals surface area contributed by atoms with Crippen LogP contribution in [0.15, 0.2) is 30.3 Å². The van der Waals surface area contributed by atoms with Crippen LogP contribution < -0.4 is 15.2 Å². The Morgan fingerprint density at radius 2 is 1.88 bits per heavy atom. The van der Waals surface area contributed by atoms with Gasteiger partial charge in [0.05, 0.1) is 11.0 Å². The number of aromatic nitrogens is 2. The molecule has 5 heteroatoms. The van der Waals surface area contributed by atoms with Crippen LogP contribution in [0.5, 0.6) is 11.5 Å². The Morgan fingerprint density at radius 3 is 2.58 bits per heavy atom. The van der Waals surface area contributed by atoms with Gasteiger partial charge in [-0.2, -0.15) is 0 Å². The number of imidazole rings is 1. The number of nitrogens with zero attached hydrogens (tertiary/aromatic N) is 2. The maximum atomic E-state index is 5.96. The fourth-order valence-electron chi connectivity index (χ4n) is 3.12. The number of ether oxygens (including phenoxy) is 2. The van der Waals surface area contributed by atoms with Crippen molar-refractivity contribution >= 4 is 11.0 Å². The van der Waals surface area contributed by atoms with E-state index < -0.39 is 0 Å². The lowest BCUT2D eigenvalue weighted by Crippen LogP contribution is -2.17. The van der Waals surface area contributed by atoms with Gasteiger partial charge in [0, 0.05) is 30.3 Å². The normalized spacial score (nSPS) is 14.3. The van der Waals surface area contributed by atoms with E-state index in [1.807, 2.05) is 12.1 Å². The number of aryl methyl sites for hydroxylation is 2. The van der Waals surface area contributed by atoms with Crippen LogP contribution in [0, 0.1) is 13.8 Å². The first-order chi connectivity index (χ1) is 11.6. The van der Waals surface area contributed by atoms with Crippen LogP contribution in [-0.4, -0.2) is 22.9 Å². The van der Waals surface area contributed by atoms with E-state index in [9.17, 15) is 0 Å². The standard InChI is InChI=1S/C19H21N3O2/c1-11-4-5-14(6-12(11)2)19-21-15-7-17-18(24-10-23-17)8-16(15)22(19)13(3)9-20/h4-8,13H,9-10,20H2,1-3H3. The molecular weight excluding hydrogens is 302 g/mol. The highest BCUT2D eigenvalue weighted by atomic mass is 16.7. The number of benzene rings is 2. The molecule has 3 aromatic rings. The van der Waals surface area contributed by atoms with Crippen LogP contribution in [0.3, 0.4) is 0 Å². The molecule has 2 heterocycles. The molecule has 0 radical (unpaired) electrons. The Kier molecular flexibility index (Phi) is 3.46. The Hall–Kier alpha value is -2.53. The predicted molar refractivity (Wildman–Crippen MR) is 94.5 cm³/mol. The summed E-state index contributed by atoms with van der Waals surface area (Å²) in [5, 5.41) is 0. The summed E-state index contributed by atoms with van der Waals surface area (Å²) in [6, 6.07) is 10.5. The molecule has 2 aromatic carbocycles. The average Bonchev–Trinajstić information content (AvgIpc) is 3.17. The molecule has 4 rings (SSSR count). The van der Waals surface area contributed by atoms with Crippen LogP contribution in [0.1, 0.15) is 24.1 Å². The fraction of sp³-hybridized carbons (Fsp3) is 0.316. The second-order valence-corrected chi connectivity index (χ2v) is 6.38. The first kappa shape index (κ1) is 15.0. The molecule has 0 saturated carbocycles. The quantitative estimate of drug-likeness (QED) is 0.800. The zero-order chi connectivity index (χ0) is 16.8. The third-order valence-corrected chi connectivity index (χ3v) is 4.73. The second-order valence-electron chi connectivity index (χ2n) is 6.38. The summed E-state index contributed by atoms with van der Waals surface area (Å²) in [4.78, 5) is 4.87. The lowest BCUT2D eigenvalue weighted by Gasteiger charge is -2.16. The number of rotatable bonds is 3. The van der Waals surface area contributed by atoms with Crippen molar-refractivity contribution in [1.82, 2.24) is 9.55 Å². The summed E-state index contributed by atoms with van der Waals surface area (Å²) >= 11 is 0. The Labute approximate surface area is 141 Å². The van der Waals surface area contributed by atoms with E-state index in [1.54, 1.807) is 0 Å². The molecule has 0 fully saturated rings. The lowest BCUT2D eigenvalue weighted by atomic mass is 10.1. The topological polar surface area (TPSA) is 62.3 Å². The SMILES string of the molecule is Cc1ccc(-c2nc3cc4c(cc3n2C(C)CN)OCO4)cc1C. The van der Waals surface area contributed by atoms with Crippen molar-refractivity contribution in [2.45, 2.75) is 26.8 Å². The summed E-state index contributed by atoms with van der Waals surface area (Å²) in [5.74, 6) is 2.44. The van der Waals surface area contributed by atoms with Crippen LogP contribution >= 0.6 is 0 Å². The van der Waals surface area contributed by atoms with Crippen LogP contribution in [0.25, 0.3) is 22.4 Å². The summed E-state index contributed by atoms with van der Waals surface area (Å²) in [7, 11) is 0. The molecule has 1 aromatic heterocycles. The monoisotopic (exact) mass is 323 g/mol. The lowest BCUT2D eigenvalue weighted by molar-refractivity contribution is 0.174. The minimum Gasteiger partial charge on any atom is -0.454 e. The van der Waals surface area contributed by atoms with E-state index in [1.165, 1.54) is 11.1 Å². The largest absolute Gasteiger partial charge is 0.454 e. The van der Waals surface area contributed by atoms with Gasteiger partial charge < -0.3 is 19.8 Å². The number of nitrogens with two attached hydrogens (primary N) is 1. The van der Waals surface area contributed by atoms with Crippen molar-refractivity contribution in [3.8, 4) is 22.9 Å². The molecule has 0 aliphatic carbocycles. The number of hydrogen-bond donors (Lipinski definition) is 1. The van der Waals surface area contributed by atoms with Gasteiger partial charge in [-0.15, -0.1) is 0 Å². The molecule has 5 nitrogen and oxygen atoms in total. The molecule has 0 bridgehead atoms. The Balaban J connectivity index is 1.98. The molecule has 1 aliphatic rings. The van der Waals surface area contributed by atoms with Crippen LogP contribution in [0.2, 0.25) is 0 Å². The molecule has 0 amide bonds. The van der Waals surface area contributed by atoms with Crippen molar-refractivity contribution in [3.63, 3.8) is 0 Å². The molecular formula is C19H21N3O2. The van der Waals surface area contributed by atoms with Crippen molar-refractivity contribution in [3.05, 3.63) is 41.5 Å². The van der Waals surface area contributed by atoms with Gasteiger partial charge in [0.2, 0.25) is 6.79 Å². The van der Waals surface area contributed by atoms with Crippen molar-refractivity contribution < 1.29 is 9.47 Å². The van der Waals surface area contributed by atoms with E-state index >= 15 is 0 Å². The number of fused-ring (bicyclic) bond motifs is 2. The van der Waals surface area contributed by atoms with E-state index in [0.29, 0.717) is 6.54 Å². The van der Waals surface area contributed by atoms with Gasteiger partial charge in [-0.25, -0.2) is 4.98 Å². The molecule has 1 unspecified atom stereocenters. The second kappa shape index (κ2) is 5.53. The highest BCUT2D eigenvalue weighted by Gasteiger charge is 2.22. The minimum atomic E-state index is 0.131. The number of hydrogen-bond acceptors (Lipinski definition) is 4. The molecule has 0 saturated heterocycles.